The normalized spacial score (nSPS) is 13.1. The number of benzene rings is 1. The number of fused-ring (bicyclic) bond motifs is 1. The molecular formula is C18H20N2O2. The summed E-state index contributed by atoms with van der Waals surface area (Å²) in [5, 5.41) is 0. The zero-order valence-electron chi connectivity index (χ0n) is 13.2. The Hall–Kier alpha value is -2.36. The fourth-order valence-corrected chi connectivity index (χ4v) is 2.69. The van der Waals surface area contributed by atoms with E-state index in [-0.39, 0.29) is 12.5 Å². The SMILES string of the molecule is Cc1cc2c(cn1)CN(C(=O)COc1cccc(C)c1C)C2. The molecule has 0 fully saturated rings. The summed E-state index contributed by atoms with van der Waals surface area (Å²) in [7, 11) is 0. The number of rotatable bonds is 3. The van der Waals surface area contributed by atoms with E-state index in [1.165, 1.54) is 11.1 Å². The second-order valence-corrected chi connectivity index (χ2v) is 5.83. The third-order valence-electron chi connectivity index (χ3n) is 4.20. The highest BCUT2D eigenvalue weighted by Crippen LogP contribution is 2.24. The molecule has 4 nitrogen and oxygen atoms in total. The van der Waals surface area contributed by atoms with E-state index in [1.807, 2.05) is 56.1 Å². The van der Waals surface area contributed by atoms with Crippen LogP contribution in [0.4, 0.5) is 0 Å². The number of nitrogens with zero attached hydrogens (tertiary/aromatic N) is 2. The molecule has 3 rings (SSSR count). The summed E-state index contributed by atoms with van der Waals surface area (Å²) in [6.45, 7) is 7.36. The monoisotopic (exact) mass is 296 g/mol. The highest BCUT2D eigenvalue weighted by Gasteiger charge is 2.24. The van der Waals surface area contributed by atoms with Gasteiger partial charge in [0, 0.05) is 25.0 Å². The zero-order valence-corrected chi connectivity index (χ0v) is 13.2. The molecule has 0 atom stereocenters. The summed E-state index contributed by atoms with van der Waals surface area (Å²) < 4.78 is 5.71. The average molecular weight is 296 g/mol. The Morgan fingerprint density at radius 3 is 2.82 bits per heavy atom. The Balaban J connectivity index is 1.63. The summed E-state index contributed by atoms with van der Waals surface area (Å²) in [6.07, 6.45) is 1.86. The molecule has 2 heterocycles. The van der Waals surface area contributed by atoms with E-state index >= 15 is 0 Å². The van der Waals surface area contributed by atoms with Gasteiger partial charge in [0.15, 0.2) is 6.61 Å². The molecule has 1 aromatic carbocycles. The number of ether oxygens (including phenoxy) is 1. The molecule has 114 valence electrons. The van der Waals surface area contributed by atoms with Crippen molar-refractivity contribution >= 4 is 5.91 Å². The lowest BCUT2D eigenvalue weighted by atomic mass is 10.1. The van der Waals surface area contributed by atoms with Crippen LogP contribution in [0.1, 0.15) is 27.9 Å². The summed E-state index contributed by atoms with van der Waals surface area (Å²) in [6, 6.07) is 7.94. The van der Waals surface area contributed by atoms with E-state index in [9.17, 15) is 4.79 Å². The van der Waals surface area contributed by atoms with Crippen molar-refractivity contribution in [2.75, 3.05) is 6.61 Å². The summed E-state index contributed by atoms with van der Waals surface area (Å²) in [5.74, 6) is 0.789. The molecule has 22 heavy (non-hydrogen) atoms. The quantitative estimate of drug-likeness (QED) is 0.874. The minimum Gasteiger partial charge on any atom is -0.483 e. The predicted octanol–water partition coefficient (Wildman–Crippen LogP) is 2.93. The van der Waals surface area contributed by atoms with Crippen LogP contribution in [-0.2, 0) is 17.9 Å². The second kappa shape index (κ2) is 5.79. The van der Waals surface area contributed by atoms with Gasteiger partial charge in [-0.25, -0.2) is 0 Å². The van der Waals surface area contributed by atoms with Crippen LogP contribution in [0.5, 0.6) is 5.75 Å². The molecule has 1 aromatic heterocycles. The molecule has 0 N–H and O–H groups in total. The summed E-state index contributed by atoms with van der Waals surface area (Å²) in [4.78, 5) is 18.5. The number of pyridine rings is 1. The van der Waals surface area contributed by atoms with Crippen LogP contribution in [-0.4, -0.2) is 22.4 Å². The van der Waals surface area contributed by atoms with Crippen molar-refractivity contribution in [3.8, 4) is 5.75 Å². The third-order valence-corrected chi connectivity index (χ3v) is 4.20. The zero-order chi connectivity index (χ0) is 15.7. The average Bonchev–Trinajstić information content (AvgIpc) is 2.91. The van der Waals surface area contributed by atoms with E-state index < -0.39 is 0 Å². The first kappa shape index (κ1) is 14.6. The standard InChI is InChI=1S/C18H20N2O2/c1-12-5-4-6-17(14(12)3)22-11-18(21)20-9-15-7-13(2)19-8-16(15)10-20/h4-8H,9-11H2,1-3H3. The number of aryl methyl sites for hydroxylation is 2. The van der Waals surface area contributed by atoms with E-state index in [0.29, 0.717) is 13.1 Å². The molecule has 0 aliphatic carbocycles. The smallest absolute Gasteiger partial charge is 0.261 e. The summed E-state index contributed by atoms with van der Waals surface area (Å²) in [5.41, 5.74) is 5.55. The van der Waals surface area contributed by atoms with Crippen LogP contribution in [0.25, 0.3) is 0 Å². The lowest BCUT2D eigenvalue weighted by Gasteiger charge is -2.17. The van der Waals surface area contributed by atoms with Gasteiger partial charge in [-0.2, -0.15) is 0 Å². The first-order valence-corrected chi connectivity index (χ1v) is 7.46. The van der Waals surface area contributed by atoms with Gasteiger partial charge in [0.2, 0.25) is 0 Å². The molecule has 1 aliphatic heterocycles. The number of carbonyl (C=O) groups excluding carboxylic acids is 1. The van der Waals surface area contributed by atoms with Crippen LogP contribution in [0, 0.1) is 20.8 Å². The first-order valence-electron chi connectivity index (χ1n) is 7.46. The molecule has 1 aliphatic rings. The van der Waals surface area contributed by atoms with Crippen LogP contribution in [0.3, 0.4) is 0 Å². The van der Waals surface area contributed by atoms with Crippen LogP contribution in [0.15, 0.2) is 30.5 Å². The van der Waals surface area contributed by atoms with Crippen molar-refractivity contribution in [2.45, 2.75) is 33.9 Å². The molecular weight excluding hydrogens is 276 g/mol. The van der Waals surface area contributed by atoms with Crippen molar-refractivity contribution in [1.29, 1.82) is 0 Å². The van der Waals surface area contributed by atoms with Crippen LogP contribution < -0.4 is 4.74 Å². The van der Waals surface area contributed by atoms with Crippen LogP contribution in [0.2, 0.25) is 0 Å². The van der Waals surface area contributed by atoms with Gasteiger partial charge in [-0.05, 0) is 55.2 Å². The fourth-order valence-electron chi connectivity index (χ4n) is 2.69. The fraction of sp³-hybridized carbons (Fsp3) is 0.333. The lowest BCUT2D eigenvalue weighted by Crippen LogP contribution is -2.30. The largest absolute Gasteiger partial charge is 0.483 e. The molecule has 0 saturated heterocycles. The van der Waals surface area contributed by atoms with Gasteiger partial charge >= 0.3 is 0 Å². The molecule has 0 radical (unpaired) electrons. The molecule has 4 heteroatoms. The van der Waals surface area contributed by atoms with Gasteiger partial charge in [-0.3, -0.25) is 9.78 Å². The molecule has 2 aromatic rings. The number of aromatic nitrogens is 1. The number of amides is 1. The minimum absolute atomic E-state index is 0.00904. The van der Waals surface area contributed by atoms with Gasteiger partial charge in [0.05, 0.1) is 0 Å². The van der Waals surface area contributed by atoms with Crippen molar-refractivity contribution in [2.24, 2.45) is 0 Å². The first-order chi connectivity index (χ1) is 10.5. The maximum atomic E-state index is 12.3. The Morgan fingerprint density at radius 1 is 1.23 bits per heavy atom. The highest BCUT2D eigenvalue weighted by molar-refractivity contribution is 5.78. The maximum Gasteiger partial charge on any atom is 0.261 e. The molecule has 0 bridgehead atoms. The van der Waals surface area contributed by atoms with Crippen LogP contribution >= 0.6 is 0 Å². The molecule has 0 spiro atoms. The van der Waals surface area contributed by atoms with Crippen molar-refractivity contribution in [3.63, 3.8) is 0 Å². The van der Waals surface area contributed by atoms with Gasteiger partial charge < -0.3 is 9.64 Å². The van der Waals surface area contributed by atoms with Gasteiger partial charge in [0.25, 0.3) is 5.91 Å². The van der Waals surface area contributed by atoms with Crippen molar-refractivity contribution < 1.29 is 9.53 Å². The van der Waals surface area contributed by atoms with Crippen molar-refractivity contribution in [1.82, 2.24) is 9.88 Å². The molecule has 1 amide bonds. The van der Waals surface area contributed by atoms with E-state index in [1.54, 1.807) is 0 Å². The van der Waals surface area contributed by atoms with Crippen molar-refractivity contribution in [3.05, 3.63) is 58.4 Å². The van der Waals surface area contributed by atoms with Gasteiger partial charge in [-0.1, -0.05) is 12.1 Å². The topological polar surface area (TPSA) is 42.4 Å². The minimum atomic E-state index is 0.00904. The maximum absolute atomic E-state index is 12.3. The number of carbonyl (C=O) groups is 1. The molecule has 0 unspecified atom stereocenters. The Kier molecular flexibility index (Phi) is 3.84. The summed E-state index contributed by atoms with van der Waals surface area (Å²) >= 11 is 0. The van der Waals surface area contributed by atoms with Gasteiger partial charge in [-0.15, -0.1) is 0 Å². The number of hydrogen-bond acceptors (Lipinski definition) is 3. The Morgan fingerprint density at radius 2 is 2.00 bits per heavy atom. The Bertz CT molecular complexity index is 725. The second-order valence-electron chi connectivity index (χ2n) is 5.83. The number of hydrogen-bond donors (Lipinski definition) is 0. The lowest BCUT2D eigenvalue weighted by molar-refractivity contribution is -0.134. The van der Waals surface area contributed by atoms with E-state index in [4.69, 9.17) is 4.74 Å². The predicted molar refractivity (Wildman–Crippen MR) is 84.6 cm³/mol. The molecule has 0 saturated carbocycles. The Labute approximate surface area is 130 Å². The van der Waals surface area contributed by atoms with E-state index in [0.717, 1.165) is 22.6 Å². The highest BCUT2D eigenvalue weighted by atomic mass is 16.5. The van der Waals surface area contributed by atoms with E-state index in [2.05, 4.69) is 4.98 Å². The van der Waals surface area contributed by atoms with Gasteiger partial charge in [0.1, 0.15) is 5.75 Å². The third kappa shape index (κ3) is 2.82.